The molecule has 0 saturated carbocycles. The maximum Gasteiger partial charge on any atom is 0.202 e. The Bertz CT molecular complexity index is 1450. The molecule has 5 rings (SSSR count). The number of nitrogens with one attached hydrogen (secondary N) is 1. The van der Waals surface area contributed by atoms with Crippen LogP contribution in [0.2, 0.25) is 0 Å². The summed E-state index contributed by atoms with van der Waals surface area (Å²) in [6, 6.07) is 4.14. The van der Waals surface area contributed by atoms with Crippen molar-refractivity contribution in [2.45, 2.75) is 95.7 Å². The second kappa shape index (κ2) is 11.1. The summed E-state index contributed by atoms with van der Waals surface area (Å²) in [7, 11) is 1.35. The number of rotatable bonds is 7. The number of benzene rings is 2. The zero-order valence-electron chi connectivity index (χ0n) is 24.3. The molecular formula is C31H37NO10. The van der Waals surface area contributed by atoms with Crippen LogP contribution in [0.3, 0.4) is 0 Å². The summed E-state index contributed by atoms with van der Waals surface area (Å²) in [6.45, 7) is 7.16. The van der Waals surface area contributed by atoms with Crippen LogP contribution in [0, 0.1) is 0 Å². The first kappa shape index (κ1) is 30.1. The number of carbonyl (C=O) groups excluding carboxylic acids is 3. The van der Waals surface area contributed by atoms with Crippen LogP contribution in [0.1, 0.15) is 96.0 Å². The highest BCUT2D eigenvalue weighted by Gasteiger charge is 2.50. The third-order valence-electron chi connectivity index (χ3n) is 8.49. The zero-order chi connectivity index (χ0) is 30.7. The predicted octanol–water partition coefficient (Wildman–Crippen LogP) is 2.46. The molecule has 11 heteroatoms. The lowest BCUT2D eigenvalue weighted by Gasteiger charge is -2.43. The highest BCUT2D eigenvalue weighted by atomic mass is 16.7. The van der Waals surface area contributed by atoms with Crippen molar-refractivity contribution in [1.82, 2.24) is 5.32 Å². The molecule has 1 fully saturated rings. The molecule has 5 N–H and O–H groups in total. The molecule has 2 aliphatic carbocycles. The third kappa shape index (κ3) is 4.79. The van der Waals surface area contributed by atoms with Crippen molar-refractivity contribution in [2.75, 3.05) is 7.11 Å². The van der Waals surface area contributed by atoms with E-state index in [0.717, 1.165) is 0 Å². The van der Waals surface area contributed by atoms with E-state index in [1.165, 1.54) is 25.3 Å². The molecule has 1 saturated heterocycles. The minimum absolute atomic E-state index is 0.00292. The number of phenols is 2. The van der Waals surface area contributed by atoms with Gasteiger partial charge < -0.3 is 40.0 Å². The summed E-state index contributed by atoms with van der Waals surface area (Å²) >= 11 is 0. The number of ketones is 3. The van der Waals surface area contributed by atoms with Crippen molar-refractivity contribution in [3.05, 3.63) is 51.6 Å². The average molecular weight is 584 g/mol. The second-order valence-electron chi connectivity index (χ2n) is 11.6. The van der Waals surface area contributed by atoms with Crippen LogP contribution in [-0.2, 0) is 20.7 Å². The summed E-state index contributed by atoms with van der Waals surface area (Å²) in [4.78, 5) is 40.4. The molecule has 0 bridgehead atoms. The van der Waals surface area contributed by atoms with Crippen LogP contribution in [0.25, 0.3) is 0 Å². The molecule has 42 heavy (non-hydrogen) atoms. The first-order chi connectivity index (χ1) is 19.8. The van der Waals surface area contributed by atoms with Crippen LogP contribution in [0.5, 0.6) is 17.2 Å². The van der Waals surface area contributed by atoms with Crippen molar-refractivity contribution < 1.29 is 49.0 Å². The van der Waals surface area contributed by atoms with Crippen LogP contribution < -0.4 is 10.1 Å². The summed E-state index contributed by atoms with van der Waals surface area (Å²) in [5.74, 6) is -2.98. The quantitative estimate of drug-likeness (QED) is 0.259. The van der Waals surface area contributed by atoms with Crippen molar-refractivity contribution in [3.63, 3.8) is 0 Å². The Hall–Kier alpha value is -3.35. The SMILES string of the molecule is CCC(=O)[C@]1(O)Cc2c(O)c3c(c(O)c2[C@@H](O[C@H]2C[C@H](NC(C)C)[C@H](O)[C@H](C)O2)C1)C(=O)c1c(OC)cccc1C3=O. The molecule has 0 spiro atoms. The fourth-order valence-electron chi connectivity index (χ4n) is 6.49. The van der Waals surface area contributed by atoms with Crippen molar-refractivity contribution in [3.8, 4) is 17.2 Å². The zero-order valence-corrected chi connectivity index (χ0v) is 24.3. The van der Waals surface area contributed by atoms with Gasteiger partial charge in [0.15, 0.2) is 17.9 Å². The maximum atomic E-state index is 13.8. The number of aromatic hydroxyl groups is 2. The first-order valence-electron chi connectivity index (χ1n) is 14.2. The molecule has 1 aliphatic heterocycles. The van der Waals surface area contributed by atoms with Gasteiger partial charge in [0.2, 0.25) is 5.78 Å². The lowest BCUT2D eigenvalue weighted by molar-refractivity contribution is -0.250. The summed E-state index contributed by atoms with van der Waals surface area (Å²) in [5.41, 5.74) is -2.90. The van der Waals surface area contributed by atoms with Crippen LogP contribution in [0.15, 0.2) is 18.2 Å². The molecule has 1 heterocycles. The molecule has 0 aromatic heterocycles. The topological polar surface area (TPSA) is 172 Å². The number of aliphatic hydroxyl groups is 2. The minimum atomic E-state index is -1.98. The van der Waals surface area contributed by atoms with Crippen molar-refractivity contribution in [2.24, 2.45) is 0 Å². The fraction of sp³-hybridized carbons (Fsp3) is 0.516. The Kier molecular flexibility index (Phi) is 7.92. The monoisotopic (exact) mass is 583 g/mol. The van der Waals surface area contributed by atoms with Crippen molar-refractivity contribution >= 4 is 17.3 Å². The van der Waals surface area contributed by atoms with Gasteiger partial charge in [0.25, 0.3) is 0 Å². The van der Waals surface area contributed by atoms with E-state index in [9.17, 15) is 34.8 Å². The Labute approximate surface area is 243 Å². The van der Waals surface area contributed by atoms with E-state index in [0.29, 0.717) is 0 Å². The van der Waals surface area contributed by atoms with E-state index < -0.39 is 82.6 Å². The van der Waals surface area contributed by atoms with Crippen LogP contribution >= 0.6 is 0 Å². The van der Waals surface area contributed by atoms with Gasteiger partial charge in [-0.1, -0.05) is 32.9 Å². The third-order valence-corrected chi connectivity index (χ3v) is 8.49. The van der Waals surface area contributed by atoms with Crippen LogP contribution in [0.4, 0.5) is 0 Å². The van der Waals surface area contributed by atoms with E-state index in [1.54, 1.807) is 13.8 Å². The molecule has 2 aromatic carbocycles. The maximum absolute atomic E-state index is 13.8. The lowest BCUT2D eigenvalue weighted by Crippen LogP contribution is -2.55. The lowest BCUT2D eigenvalue weighted by atomic mass is 9.71. The van der Waals surface area contributed by atoms with E-state index in [4.69, 9.17) is 14.2 Å². The predicted molar refractivity (Wildman–Crippen MR) is 149 cm³/mol. The summed E-state index contributed by atoms with van der Waals surface area (Å²) in [6.07, 6.45) is -4.10. The van der Waals surface area contributed by atoms with Gasteiger partial charge >= 0.3 is 0 Å². The summed E-state index contributed by atoms with van der Waals surface area (Å²) in [5, 5.41) is 48.6. The normalized spacial score (nSPS) is 28.7. The van der Waals surface area contributed by atoms with Crippen molar-refractivity contribution in [1.29, 1.82) is 0 Å². The summed E-state index contributed by atoms with van der Waals surface area (Å²) < 4.78 is 17.5. The van der Waals surface area contributed by atoms with E-state index >= 15 is 0 Å². The van der Waals surface area contributed by atoms with Gasteiger partial charge in [0.05, 0.1) is 42.1 Å². The van der Waals surface area contributed by atoms with Gasteiger partial charge in [-0.15, -0.1) is 0 Å². The van der Waals surface area contributed by atoms with Crippen LogP contribution in [-0.4, -0.2) is 81.1 Å². The molecular weight excluding hydrogens is 546 g/mol. The van der Waals surface area contributed by atoms with E-state index in [1.807, 2.05) is 13.8 Å². The number of carbonyl (C=O) groups is 3. The Morgan fingerprint density at radius 3 is 2.48 bits per heavy atom. The van der Waals surface area contributed by atoms with Gasteiger partial charge in [0, 0.05) is 54.5 Å². The molecule has 0 amide bonds. The second-order valence-corrected chi connectivity index (χ2v) is 11.6. The number of ether oxygens (including phenoxy) is 3. The molecule has 2 aromatic rings. The van der Waals surface area contributed by atoms with Gasteiger partial charge in [-0.2, -0.15) is 0 Å². The smallest absolute Gasteiger partial charge is 0.202 e. The molecule has 3 aliphatic rings. The molecule has 0 unspecified atom stereocenters. The Balaban J connectivity index is 1.65. The number of hydrogen-bond donors (Lipinski definition) is 5. The first-order valence-corrected chi connectivity index (χ1v) is 14.2. The van der Waals surface area contributed by atoms with Gasteiger partial charge in [0.1, 0.15) is 22.8 Å². The Morgan fingerprint density at radius 1 is 1.14 bits per heavy atom. The molecule has 0 radical (unpaired) electrons. The molecule has 226 valence electrons. The number of fused-ring (bicyclic) bond motifs is 3. The number of Topliss-reactive ketones (excluding diaryl/α,β-unsaturated/α-hetero) is 1. The molecule has 6 atom stereocenters. The van der Waals surface area contributed by atoms with Gasteiger partial charge in [-0.3, -0.25) is 14.4 Å². The largest absolute Gasteiger partial charge is 0.507 e. The highest BCUT2D eigenvalue weighted by Crippen LogP contribution is 2.52. The van der Waals surface area contributed by atoms with E-state index in [2.05, 4.69) is 5.32 Å². The number of phenolic OH excluding ortho intramolecular Hbond substituents is 2. The number of methoxy groups -OCH3 is 1. The standard InChI is InChI=1S/C31H37NO10/c1-6-20(33)31(39)11-16-23(19(12-31)42-21-10-17(32-13(2)3)26(34)14(4)41-21)30(38)25-24(28(16)36)27(35)15-8-7-9-18(40-5)22(15)29(25)37/h7-9,13-14,17,19,21,26,32,34,36,38-39H,6,10-12H2,1-5H3/t14-,17-,19-,21-,26+,31-/m0/s1. The highest BCUT2D eigenvalue weighted by molar-refractivity contribution is 6.31. The minimum Gasteiger partial charge on any atom is -0.507 e. The van der Waals surface area contributed by atoms with E-state index in [-0.39, 0.29) is 53.3 Å². The van der Waals surface area contributed by atoms with Gasteiger partial charge in [-0.25, -0.2) is 0 Å². The fourth-order valence-corrected chi connectivity index (χ4v) is 6.49. The molecule has 11 nitrogen and oxygen atoms in total. The number of hydrogen-bond acceptors (Lipinski definition) is 11. The number of aliphatic hydroxyl groups excluding tert-OH is 1. The average Bonchev–Trinajstić information content (AvgIpc) is 2.94. The van der Waals surface area contributed by atoms with Gasteiger partial charge in [-0.05, 0) is 13.0 Å². The Morgan fingerprint density at radius 2 is 1.83 bits per heavy atom.